The zero-order valence-corrected chi connectivity index (χ0v) is 10.2. The number of nitrogens with zero attached hydrogens (tertiary/aromatic N) is 7. The van der Waals surface area contributed by atoms with E-state index in [1.807, 2.05) is 11.6 Å². The first-order valence-electron chi connectivity index (χ1n) is 4.62. The molecule has 0 spiro atoms. The lowest BCUT2D eigenvalue weighted by Crippen LogP contribution is -1.97. The minimum Gasteiger partial charge on any atom is -0.311 e. The molecule has 7 nitrogen and oxygen atoms in total. The lowest BCUT2D eigenvalue weighted by atomic mass is 10.7. The van der Waals surface area contributed by atoms with Crippen LogP contribution in [-0.4, -0.2) is 34.3 Å². The molecule has 3 rings (SSSR count). The normalized spacial score (nSPS) is 11.2. The van der Waals surface area contributed by atoms with Gasteiger partial charge < -0.3 is 4.57 Å². The Labute approximate surface area is 105 Å². The van der Waals surface area contributed by atoms with Crippen molar-refractivity contribution in [2.24, 2.45) is 7.05 Å². The topological polar surface area (TPSA) is 73.8 Å². The van der Waals surface area contributed by atoms with Crippen molar-refractivity contribution >= 4 is 29.1 Å². The fraction of sp³-hybridized carbons (Fsp3) is 0.125. The molecule has 0 amide bonds. The molecule has 0 N–H and O–H groups in total. The van der Waals surface area contributed by atoms with Crippen LogP contribution >= 0.6 is 23.4 Å². The molecular formula is C8H6ClN7S. The molecule has 86 valence electrons. The van der Waals surface area contributed by atoms with E-state index in [0.717, 1.165) is 10.2 Å². The molecule has 0 saturated heterocycles. The van der Waals surface area contributed by atoms with E-state index in [1.54, 1.807) is 16.9 Å². The van der Waals surface area contributed by atoms with E-state index in [-0.39, 0.29) is 0 Å². The Balaban J connectivity index is 2.11. The summed E-state index contributed by atoms with van der Waals surface area (Å²) in [6.07, 6.45) is 3.06. The summed E-state index contributed by atoms with van der Waals surface area (Å²) in [5.41, 5.74) is 0. The van der Waals surface area contributed by atoms with Crippen molar-refractivity contribution in [3.63, 3.8) is 0 Å². The monoisotopic (exact) mass is 267 g/mol. The fourth-order valence-corrected chi connectivity index (χ4v) is 2.38. The molecule has 0 bridgehead atoms. The number of rotatable bonds is 2. The largest absolute Gasteiger partial charge is 0.311 e. The van der Waals surface area contributed by atoms with Crippen LogP contribution in [0, 0.1) is 0 Å². The summed E-state index contributed by atoms with van der Waals surface area (Å²) in [6.45, 7) is 0. The van der Waals surface area contributed by atoms with E-state index in [2.05, 4.69) is 25.3 Å². The van der Waals surface area contributed by atoms with Gasteiger partial charge in [-0.2, -0.15) is 19.6 Å². The van der Waals surface area contributed by atoms with Crippen LogP contribution < -0.4 is 0 Å². The number of halogens is 1. The zero-order chi connectivity index (χ0) is 11.8. The van der Waals surface area contributed by atoms with Crippen molar-refractivity contribution in [1.82, 2.24) is 34.3 Å². The Morgan fingerprint density at radius 1 is 1.41 bits per heavy atom. The first-order chi connectivity index (χ1) is 8.24. The van der Waals surface area contributed by atoms with E-state index in [1.165, 1.54) is 18.1 Å². The highest BCUT2D eigenvalue weighted by atomic mass is 35.5. The maximum absolute atomic E-state index is 5.91. The summed E-state index contributed by atoms with van der Waals surface area (Å²) in [4.78, 5) is 8.04. The number of aryl methyl sites for hydroxylation is 1. The van der Waals surface area contributed by atoms with Crippen molar-refractivity contribution in [1.29, 1.82) is 0 Å². The highest BCUT2D eigenvalue weighted by molar-refractivity contribution is 7.99. The zero-order valence-electron chi connectivity index (χ0n) is 8.65. The third-order valence-corrected chi connectivity index (χ3v) is 3.30. The fourth-order valence-electron chi connectivity index (χ4n) is 1.29. The van der Waals surface area contributed by atoms with Gasteiger partial charge in [0.2, 0.25) is 0 Å². The van der Waals surface area contributed by atoms with Crippen LogP contribution in [0.3, 0.4) is 0 Å². The molecule has 0 fully saturated rings. The van der Waals surface area contributed by atoms with Gasteiger partial charge in [0.25, 0.3) is 5.78 Å². The van der Waals surface area contributed by atoms with Gasteiger partial charge in [0.1, 0.15) is 22.8 Å². The van der Waals surface area contributed by atoms with Crippen molar-refractivity contribution in [3.05, 3.63) is 23.9 Å². The van der Waals surface area contributed by atoms with Gasteiger partial charge in [0.15, 0.2) is 5.16 Å². The van der Waals surface area contributed by atoms with Gasteiger partial charge in [0.05, 0.1) is 0 Å². The smallest absolute Gasteiger partial charge is 0.254 e. The average molecular weight is 268 g/mol. The number of hydrogen-bond acceptors (Lipinski definition) is 6. The van der Waals surface area contributed by atoms with E-state index >= 15 is 0 Å². The SMILES string of the molecule is Cn1cnnc1Sc1cc(Cl)nc2ncnn12. The van der Waals surface area contributed by atoms with Gasteiger partial charge in [-0.15, -0.1) is 10.2 Å². The Bertz CT molecular complexity index is 675. The maximum Gasteiger partial charge on any atom is 0.254 e. The summed E-state index contributed by atoms with van der Waals surface area (Å²) in [5, 5.41) is 13.8. The van der Waals surface area contributed by atoms with E-state index in [4.69, 9.17) is 11.6 Å². The van der Waals surface area contributed by atoms with E-state index < -0.39 is 0 Å². The van der Waals surface area contributed by atoms with Crippen molar-refractivity contribution in [2.75, 3.05) is 0 Å². The summed E-state index contributed by atoms with van der Waals surface area (Å²) < 4.78 is 3.41. The van der Waals surface area contributed by atoms with Gasteiger partial charge >= 0.3 is 0 Å². The molecule has 9 heteroatoms. The van der Waals surface area contributed by atoms with E-state index in [9.17, 15) is 0 Å². The molecule has 0 aliphatic carbocycles. The molecule has 0 saturated carbocycles. The molecule has 0 radical (unpaired) electrons. The number of fused-ring (bicyclic) bond motifs is 1. The van der Waals surface area contributed by atoms with Crippen LogP contribution in [-0.2, 0) is 7.05 Å². The van der Waals surface area contributed by atoms with Crippen molar-refractivity contribution in [2.45, 2.75) is 10.2 Å². The van der Waals surface area contributed by atoms with Gasteiger partial charge in [-0.25, -0.2) is 0 Å². The molecule has 17 heavy (non-hydrogen) atoms. The Kier molecular flexibility index (Phi) is 2.45. The first-order valence-corrected chi connectivity index (χ1v) is 5.81. The van der Waals surface area contributed by atoms with Gasteiger partial charge in [-0.3, -0.25) is 0 Å². The van der Waals surface area contributed by atoms with Crippen LogP contribution in [0.15, 0.2) is 28.9 Å². The molecule has 3 heterocycles. The van der Waals surface area contributed by atoms with Gasteiger partial charge in [-0.1, -0.05) is 11.6 Å². The van der Waals surface area contributed by atoms with Crippen LogP contribution in [0.1, 0.15) is 0 Å². The van der Waals surface area contributed by atoms with Crippen LogP contribution in [0.25, 0.3) is 5.78 Å². The second-order valence-corrected chi connectivity index (χ2v) is 4.59. The standard InChI is InChI=1S/C8H6ClN7S/c1-15-4-11-14-8(15)17-6-2-5(9)13-7-10-3-12-16(6)7/h2-4H,1H3. The second-order valence-electron chi connectivity index (χ2n) is 3.22. The highest BCUT2D eigenvalue weighted by Gasteiger charge is 2.10. The average Bonchev–Trinajstić information content (AvgIpc) is 2.88. The number of hydrogen-bond donors (Lipinski definition) is 0. The van der Waals surface area contributed by atoms with Crippen molar-refractivity contribution in [3.8, 4) is 0 Å². The number of aromatic nitrogens is 7. The molecule has 0 atom stereocenters. The summed E-state index contributed by atoms with van der Waals surface area (Å²) in [7, 11) is 1.86. The molecule has 0 aliphatic heterocycles. The predicted molar refractivity (Wildman–Crippen MR) is 60.9 cm³/mol. The second kappa shape index (κ2) is 3.97. The lowest BCUT2D eigenvalue weighted by molar-refractivity contribution is 0.778. The van der Waals surface area contributed by atoms with Crippen LogP contribution in [0.5, 0.6) is 0 Å². The molecule has 0 unspecified atom stereocenters. The van der Waals surface area contributed by atoms with Gasteiger partial charge in [-0.05, 0) is 11.8 Å². The van der Waals surface area contributed by atoms with Gasteiger partial charge in [0, 0.05) is 13.1 Å². The van der Waals surface area contributed by atoms with Crippen LogP contribution in [0.4, 0.5) is 0 Å². The third-order valence-electron chi connectivity index (χ3n) is 2.05. The predicted octanol–water partition coefficient (Wildman–Crippen LogP) is 1.06. The summed E-state index contributed by atoms with van der Waals surface area (Å²) in [5.74, 6) is 0.460. The maximum atomic E-state index is 5.91. The Morgan fingerprint density at radius 3 is 3.06 bits per heavy atom. The minimum absolute atomic E-state index is 0.371. The third kappa shape index (κ3) is 1.85. The summed E-state index contributed by atoms with van der Waals surface area (Å²) in [6, 6.07) is 1.71. The quantitative estimate of drug-likeness (QED) is 0.647. The molecule has 0 aromatic carbocycles. The Hall–Kier alpha value is -1.67. The minimum atomic E-state index is 0.371. The van der Waals surface area contributed by atoms with E-state index in [0.29, 0.717) is 10.9 Å². The highest BCUT2D eigenvalue weighted by Crippen LogP contribution is 2.26. The molecular weight excluding hydrogens is 262 g/mol. The van der Waals surface area contributed by atoms with Crippen molar-refractivity contribution < 1.29 is 0 Å². The molecule has 0 aliphatic rings. The Morgan fingerprint density at radius 2 is 2.29 bits per heavy atom. The molecule has 3 aromatic heterocycles. The molecule has 3 aromatic rings. The first kappa shape index (κ1) is 10.5. The summed E-state index contributed by atoms with van der Waals surface area (Å²) >= 11 is 7.31. The lowest BCUT2D eigenvalue weighted by Gasteiger charge is -2.02. The van der Waals surface area contributed by atoms with Crippen LogP contribution in [0.2, 0.25) is 5.15 Å².